The van der Waals surface area contributed by atoms with Gasteiger partial charge >= 0.3 is 0 Å². The molecule has 2 nitrogen and oxygen atoms in total. The molecule has 72 valence electrons. The Labute approximate surface area is 95.2 Å². The summed E-state index contributed by atoms with van der Waals surface area (Å²) in [7, 11) is 0. The van der Waals surface area contributed by atoms with Crippen molar-refractivity contribution in [3.05, 3.63) is 26.6 Å². The first-order valence-electron chi connectivity index (χ1n) is 4.09. The van der Waals surface area contributed by atoms with E-state index >= 15 is 0 Å². The largest absolute Gasteiger partial charge is 0.398 e. The van der Waals surface area contributed by atoms with Crippen LogP contribution < -0.4 is 11.1 Å². The van der Waals surface area contributed by atoms with Gasteiger partial charge in [0.15, 0.2) is 0 Å². The van der Waals surface area contributed by atoms with E-state index in [0.29, 0.717) is 0 Å². The Bertz CT molecular complexity index is 300. The molecule has 0 amide bonds. The number of nitrogen functional groups attached to an aromatic ring is 1. The smallest absolute Gasteiger partial charge is 0.0504 e. The van der Waals surface area contributed by atoms with Crippen LogP contribution in [0.5, 0.6) is 0 Å². The summed E-state index contributed by atoms with van der Waals surface area (Å²) in [5.41, 5.74) is 7.81. The van der Waals surface area contributed by atoms with Gasteiger partial charge < -0.3 is 11.1 Å². The third-order valence-electron chi connectivity index (χ3n) is 1.75. The highest BCUT2D eigenvalue weighted by Crippen LogP contribution is 2.27. The fourth-order valence-corrected chi connectivity index (χ4v) is 2.36. The first kappa shape index (κ1) is 11.0. The molecular weight excluding hydrogens is 296 g/mol. The summed E-state index contributed by atoms with van der Waals surface area (Å²) >= 11 is 6.83. The highest BCUT2D eigenvalue weighted by molar-refractivity contribution is 9.11. The Kier molecular flexibility index (Phi) is 4.22. The van der Waals surface area contributed by atoms with Crippen LogP contribution in [0, 0.1) is 0 Å². The van der Waals surface area contributed by atoms with Crippen molar-refractivity contribution in [2.75, 3.05) is 12.3 Å². The Hall–Kier alpha value is -0.0600. The molecule has 4 heteroatoms. The molecule has 0 radical (unpaired) electrons. The standard InChI is InChI=1S/C9H12Br2N2/c1-2-13-5-6-3-7(10)4-8(11)9(6)12/h3-4,13H,2,5,12H2,1H3. The second kappa shape index (κ2) is 4.98. The van der Waals surface area contributed by atoms with E-state index in [4.69, 9.17) is 5.73 Å². The lowest BCUT2D eigenvalue weighted by Crippen LogP contribution is -2.13. The molecule has 3 N–H and O–H groups in total. The number of nitrogens with two attached hydrogens (primary N) is 1. The molecule has 0 aliphatic carbocycles. The lowest BCUT2D eigenvalue weighted by atomic mass is 10.2. The highest BCUT2D eigenvalue weighted by Gasteiger charge is 2.04. The molecule has 1 aromatic rings. The fraction of sp³-hybridized carbons (Fsp3) is 0.333. The average Bonchev–Trinajstić information content (AvgIpc) is 2.09. The molecule has 13 heavy (non-hydrogen) atoms. The molecule has 0 atom stereocenters. The molecule has 0 aliphatic rings. The van der Waals surface area contributed by atoms with Crippen LogP contribution in [0.1, 0.15) is 12.5 Å². The van der Waals surface area contributed by atoms with Gasteiger partial charge in [0.2, 0.25) is 0 Å². The lowest BCUT2D eigenvalue weighted by Gasteiger charge is -2.08. The third kappa shape index (κ3) is 2.97. The Morgan fingerprint density at radius 1 is 1.38 bits per heavy atom. The maximum atomic E-state index is 5.88. The van der Waals surface area contributed by atoms with Crippen LogP contribution in [0.3, 0.4) is 0 Å². The van der Waals surface area contributed by atoms with E-state index in [9.17, 15) is 0 Å². The van der Waals surface area contributed by atoms with Gasteiger partial charge in [-0.3, -0.25) is 0 Å². The average molecular weight is 308 g/mol. The number of hydrogen-bond donors (Lipinski definition) is 2. The second-order valence-corrected chi connectivity index (χ2v) is 4.51. The maximum Gasteiger partial charge on any atom is 0.0504 e. The van der Waals surface area contributed by atoms with Crippen LogP contribution >= 0.6 is 31.9 Å². The number of anilines is 1. The van der Waals surface area contributed by atoms with Crippen molar-refractivity contribution in [1.82, 2.24) is 5.32 Å². The lowest BCUT2D eigenvalue weighted by molar-refractivity contribution is 0.728. The van der Waals surface area contributed by atoms with Crippen LogP contribution in [0.25, 0.3) is 0 Å². The van der Waals surface area contributed by atoms with E-state index in [0.717, 1.165) is 33.3 Å². The Balaban J connectivity index is 2.92. The van der Waals surface area contributed by atoms with Crippen LogP contribution in [-0.4, -0.2) is 6.54 Å². The molecule has 0 aromatic heterocycles. The van der Waals surface area contributed by atoms with E-state index in [2.05, 4.69) is 44.1 Å². The summed E-state index contributed by atoms with van der Waals surface area (Å²) in [5, 5.41) is 3.24. The molecular formula is C9H12Br2N2. The van der Waals surface area contributed by atoms with Gasteiger partial charge in [-0.25, -0.2) is 0 Å². The van der Waals surface area contributed by atoms with Gasteiger partial charge in [0, 0.05) is 15.5 Å². The van der Waals surface area contributed by atoms with E-state index in [-0.39, 0.29) is 0 Å². The van der Waals surface area contributed by atoms with Gasteiger partial charge in [0.1, 0.15) is 0 Å². The Morgan fingerprint density at radius 2 is 2.08 bits per heavy atom. The number of halogens is 2. The van der Waals surface area contributed by atoms with Crippen LogP contribution in [-0.2, 0) is 6.54 Å². The topological polar surface area (TPSA) is 38.0 Å². The minimum atomic E-state index is 0.806. The zero-order chi connectivity index (χ0) is 9.84. The zero-order valence-corrected chi connectivity index (χ0v) is 10.6. The molecule has 0 saturated heterocycles. The monoisotopic (exact) mass is 306 g/mol. The van der Waals surface area contributed by atoms with Crippen LogP contribution in [0.4, 0.5) is 5.69 Å². The number of nitrogens with one attached hydrogen (secondary N) is 1. The summed E-state index contributed by atoms with van der Waals surface area (Å²) in [6, 6.07) is 3.98. The predicted octanol–water partition coefficient (Wildman–Crippen LogP) is 2.90. The quantitative estimate of drug-likeness (QED) is 0.843. The normalized spacial score (nSPS) is 10.4. The third-order valence-corrected chi connectivity index (χ3v) is 2.86. The predicted molar refractivity (Wildman–Crippen MR) is 63.6 cm³/mol. The van der Waals surface area contributed by atoms with Crippen LogP contribution in [0.15, 0.2) is 21.1 Å². The number of hydrogen-bond acceptors (Lipinski definition) is 2. The molecule has 0 saturated carbocycles. The Morgan fingerprint density at radius 3 is 2.69 bits per heavy atom. The van der Waals surface area contributed by atoms with E-state index in [1.165, 1.54) is 0 Å². The zero-order valence-electron chi connectivity index (χ0n) is 7.40. The van der Waals surface area contributed by atoms with Crippen molar-refractivity contribution in [1.29, 1.82) is 0 Å². The molecule has 0 unspecified atom stereocenters. The molecule has 0 aliphatic heterocycles. The molecule has 0 bridgehead atoms. The van der Waals surface area contributed by atoms with Gasteiger partial charge in [-0.05, 0) is 40.2 Å². The maximum absolute atomic E-state index is 5.88. The summed E-state index contributed by atoms with van der Waals surface area (Å²) in [6.45, 7) is 3.83. The minimum Gasteiger partial charge on any atom is -0.398 e. The first-order chi connectivity index (χ1) is 6.15. The SMILES string of the molecule is CCNCc1cc(Br)cc(Br)c1N. The number of rotatable bonds is 3. The highest BCUT2D eigenvalue weighted by atomic mass is 79.9. The van der Waals surface area contributed by atoms with E-state index in [1.54, 1.807) is 0 Å². The van der Waals surface area contributed by atoms with Crippen molar-refractivity contribution in [2.24, 2.45) is 0 Å². The van der Waals surface area contributed by atoms with Crippen LogP contribution in [0.2, 0.25) is 0 Å². The van der Waals surface area contributed by atoms with Crippen molar-refractivity contribution < 1.29 is 0 Å². The van der Waals surface area contributed by atoms with Gasteiger partial charge in [-0.1, -0.05) is 22.9 Å². The van der Waals surface area contributed by atoms with Gasteiger partial charge in [-0.2, -0.15) is 0 Å². The number of benzene rings is 1. The van der Waals surface area contributed by atoms with Crippen molar-refractivity contribution in [3.63, 3.8) is 0 Å². The molecule has 0 spiro atoms. The molecule has 0 fully saturated rings. The molecule has 1 rings (SSSR count). The van der Waals surface area contributed by atoms with Gasteiger partial charge in [0.05, 0.1) is 5.69 Å². The minimum absolute atomic E-state index is 0.806. The summed E-state index contributed by atoms with van der Waals surface area (Å²) < 4.78 is 1.98. The van der Waals surface area contributed by atoms with E-state index < -0.39 is 0 Å². The summed E-state index contributed by atoms with van der Waals surface area (Å²) in [4.78, 5) is 0. The molecule has 0 heterocycles. The summed E-state index contributed by atoms with van der Waals surface area (Å²) in [5.74, 6) is 0. The fourth-order valence-electron chi connectivity index (χ4n) is 1.04. The summed E-state index contributed by atoms with van der Waals surface area (Å²) in [6.07, 6.45) is 0. The second-order valence-electron chi connectivity index (χ2n) is 2.74. The molecule has 1 aromatic carbocycles. The van der Waals surface area contributed by atoms with Crippen molar-refractivity contribution in [3.8, 4) is 0 Å². The van der Waals surface area contributed by atoms with Gasteiger partial charge in [0.25, 0.3) is 0 Å². The van der Waals surface area contributed by atoms with Gasteiger partial charge in [-0.15, -0.1) is 0 Å². The van der Waals surface area contributed by atoms with Crippen molar-refractivity contribution >= 4 is 37.5 Å². The van der Waals surface area contributed by atoms with E-state index in [1.807, 2.05) is 12.1 Å². The van der Waals surface area contributed by atoms with Crippen molar-refractivity contribution in [2.45, 2.75) is 13.5 Å². The first-order valence-corrected chi connectivity index (χ1v) is 5.68.